The van der Waals surface area contributed by atoms with E-state index in [1.807, 2.05) is 6.07 Å². The molecule has 0 fully saturated rings. The Morgan fingerprint density at radius 2 is 2.11 bits per heavy atom. The van der Waals surface area contributed by atoms with Gasteiger partial charge in [-0.3, -0.25) is 4.79 Å². The van der Waals surface area contributed by atoms with E-state index in [2.05, 4.69) is 0 Å². The number of carbonyl (C=O) groups is 2. The van der Waals surface area contributed by atoms with Crippen molar-refractivity contribution in [2.75, 3.05) is 18.6 Å². The van der Waals surface area contributed by atoms with Gasteiger partial charge in [-0.05, 0) is 25.1 Å². The molecule has 0 unspecified atom stereocenters. The molecule has 0 radical (unpaired) electrons. The van der Waals surface area contributed by atoms with Crippen molar-refractivity contribution >= 4 is 17.6 Å². The van der Waals surface area contributed by atoms with Crippen LogP contribution in [0.4, 0.5) is 5.69 Å². The zero-order valence-electron chi connectivity index (χ0n) is 10.6. The fourth-order valence-corrected chi connectivity index (χ4v) is 1.44. The molecular weight excluding hydrogens is 232 g/mol. The van der Waals surface area contributed by atoms with E-state index in [-0.39, 0.29) is 18.1 Å². The van der Waals surface area contributed by atoms with Crippen LogP contribution >= 0.6 is 0 Å². The number of rotatable bonds is 3. The Labute approximate surface area is 106 Å². The molecule has 0 bridgehead atoms. The zero-order valence-corrected chi connectivity index (χ0v) is 10.6. The lowest BCUT2D eigenvalue weighted by molar-refractivity contribution is -0.116. The summed E-state index contributed by atoms with van der Waals surface area (Å²) in [5, 5.41) is 8.83. The number of nitrogens with zero attached hydrogens (tertiary/aromatic N) is 2. The van der Waals surface area contributed by atoms with Crippen molar-refractivity contribution in [1.82, 2.24) is 0 Å². The average Bonchev–Trinajstić information content (AvgIpc) is 2.37. The van der Waals surface area contributed by atoms with Gasteiger partial charge < -0.3 is 9.64 Å². The highest BCUT2D eigenvalue weighted by Gasteiger charge is 2.18. The Hall–Kier alpha value is -2.35. The number of amides is 1. The van der Waals surface area contributed by atoms with Crippen molar-refractivity contribution < 1.29 is 14.3 Å². The third-order valence-electron chi connectivity index (χ3n) is 2.45. The lowest BCUT2D eigenvalue weighted by Crippen LogP contribution is -2.25. The van der Waals surface area contributed by atoms with Crippen LogP contribution in [0.2, 0.25) is 0 Å². The number of nitriles is 1. The molecule has 0 spiro atoms. The third kappa shape index (κ3) is 2.86. The second-order valence-corrected chi connectivity index (χ2v) is 3.64. The quantitative estimate of drug-likeness (QED) is 0.761. The summed E-state index contributed by atoms with van der Waals surface area (Å²) in [5.41, 5.74) is 0.993. The van der Waals surface area contributed by atoms with Gasteiger partial charge in [0.15, 0.2) is 0 Å². The van der Waals surface area contributed by atoms with Crippen molar-refractivity contribution in [3.8, 4) is 6.07 Å². The van der Waals surface area contributed by atoms with E-state index in [0.29, 0.717) is 11.3 Å². The van der Waals surface area contributed by atoms with E-state index in [9.17, 15) is 9.59 Å². The van der Waals surface area contributed by atoms with E-state index in [4.69, 9.17) is 10.00 Å². The molecule has 1 aromatic carbocycles. The van der Waals surface area contributed by atoms with Crippen molar-refractivity contribution in [3.05, 3.63) is 29.3 Å². The van der Waals surface area contributed by atoms with Gasteiger partial charge in [0, 0.05) is 14.0 Å². The second kappa shape index (κ2) is 5.82. The highest BCUT2D eigenvalue weighted by atomic mass is 16.5. The summed E-state index contributed by atoms with van der Waals surface area (Å²) < 4.78 is 4.91. The molecule has 0 aliphatic carbocycles. The van der Waals surface area contributed by atoms with E-state index in [1.54, 1.807) is 26.1 Å². The summed E-state index contributed by atoms with van der Waals surface area (Å²) >= 11 is 0. The molecular formula is C13H14N2O3. The van der Waals surface area contributed by atoms with Crippen LogP contribution < -0.4 is 4.90 Å². The molecule has 94 valence electrons. The maximum atomic E-state index is 11.8. The minimum absolute atomic E-state index is 0.203. The molecule has 0 saturated heterocycles. The first-order valence-corrected chi connectivity index (χ1v) is 5.46. The average molecular weight is 246 g/mol. The van der Waals surface area contributed by atoms with Gasteiger partial charge in [-0.25, -0.2) is 4.79 Å². The highest BCUT2D eigenvalue weighted by molar-refractivity contribution is 6.02. The number of ether oxygens (including phenoxy) is 1. The Morgan fingerprint density at radius 3 is 2.61 bits per heavy atom. The summed E-state index contributed by atoms with van der Waals surface area (Å²) in [6.45, 7) is 3.33. The Kier molecular flexibility index (Phi) is 4.44. The maximum Gasteiger partial charge on any atom is 0.340 e. The number of hydrogen-bond acceptors (Lipinski definition) is 4. The van der Waals surface area contributed by atoms with Crippen LogP contribution in [0.1, 0.15) is 29.8 Å². The topological polar surface area (TPSA) is 70.4 Å². The molecule has 0 heterocycles. The predicted molar refractivity (Wildman–Crippen MR) is 66.2 cm³/mol. The summed E-state index contributed by atoms with van der Waals surface area (Å²) in [6, 6.07) is 6.49. The lowest BCUT2D eigenvalue weighted by atomic mass is 10.1. The molecule has 1 amide bonds. The van der Waals surface area contributed by atoms with Crippen molar-refractivity contribution in [2.45, 2.75) is 13.8 Å². The SMILES string of the molecule is CCOC(=O)c1cc(C#N)ccc1N(C)C(C)=O. The van der Waals surface area contributed by atoms with Gasteiger partial charge in [0.2, 0.25) is 5.91 Å². The molecule has 0 N–H and O–H groups in total. The Morgan fingerprint density at radius 1 is 1.44 bits per heavy atom. The summed E-state index contributed by atoms with van der Waals surface area (Å²) in [6.07, 6.45) is 0. The van der Waals surface area contributed by atoms with Crippen LogP contribution in [0.5, 0.6) is 0 Å². The van der Waals surface area contributed by atoms with Crippen LogP contribution in [-0.2, 0) is 9.53 Å². The minimum atomic E-state index is -0.544. The number of hydrogen-bond donors (Lipinski definition) is 0. The Bertz CT molecular complexity index is 517. The van der Waals surface area contributed by atoms with Gasteiger partial charge in [-0.15, -0.1) is 0 Å². The molecule has 0 atom stereocenters. The van der Waals surface area contributed by atoms with Gasteiger partial charge in [-0.2, -0.15) is 5.26 Å². The van der Waals surface area contributed by atoms with Gasteiger partial charge >= 0.3 is 5.97 Å². The fourth-order valence-electron chi connectivity index (χ4n) is 1.44. The molecule has 0 saturated carbocycles. The number of esters is 1. The van der Waals surface area contributed by atoms with Crippen molar-refractivity contribution in [3.63, 3.8) is 0 Å². The normalized spacial score (nSPS) is 9.44. The van der Waals surface area contributed by atoms with Gasteiger partial charge in [0.25, 0.3) is 0 Å². The smallest absolute Gasteiger partial charge is 0.340 e. The number of anilines is 1. The Balaban J connectivity index is 3.29. The second-order valence-electron chi connectivity index (χ2n) is 3.64. The van der Waals surface area contributed by atoms with Crippen LogP contribution in [0.3, 0.4) is 0 Å². The van der Waals surface area contributed by atoms with Gasteiger partial charge in [0.1, 0.15) is 0 Å². The predicted octanol–water partition coefficient (Wildman–Crippen LogP) is 1.72. The van der Waals surface area contributed by atoms with Gasteiger partial charge in [-0.1, -0.05) is 0 Å². The first-order chi connectivity index (χ1) is 8.51. The van der Waals surface area contributed by atoms with E-state index in [0.717, 1.165) is 0 Å². The minimum Gasteiger partial charge on any atom is -0.462 e. The fraction of sp³-hybridized carbons (Fsp3) is 0.308. The molecule has 5 nitrogen and oxygen atoms in total. The van der Waals surface area contributed by atoms with Crippen molar-refractivity contribution in [1.29, 1.82) is 5.26 Å². The first kappa shape index (κ1) is 13.7. The molecule has 0 aliphatic rings. The van der Waals surface area contributed by atoms with Crippen LogP contribution in [-0.4, -0.2) is 25.5 Å². The summed E-state index contributed by atoms with van der Waals surface area (Å²) in [7, 11) is 1.56. The number of carbonyl (C=O) groups excluding carboxylic acids is 2. The largest absolute Gasteiger partial charge is 0.462 e. The van der Waals surface area contributed by atoms with Gasteiger partial charge in [0.05, 0.1) is 29.5 Å². The highest BCUT2D eigenvalue weighted by Crippen LogP contribution is 2.22. The van der Waals surface area contributed by atoms with E-state index < -0.39 is 5.97 Å². The monoisotopic (exact) mass is 246 g/mol. The van der Waals surface area contributed by atoms with Crippen molar-refractivity contribution in [2.24, 2.45) is 0 Å². The molecule has 1 aromatic rings. The molecule has 0 aromatic heterocycles. The molecule has 0 aliphatic heterocycles. The van der Waals surface area contributed by atoms with Crippen LogP contribution in [0.15, 0.2) is 18.2 Å². The number of benzene rings is 1. The summed E-state index contributed by atoms with van der Waals surface area (Å²) in [4.78, 5) is 24.5. The lowest BCUT2D eigenvalue weighted by Gasteiger charge is -2.18. The van der Waals surface area contributed by atoms with E-state index >= 15 is 0 Å². The van der Waals surface area contributed by atoms with Crippen LogP contribution in [0, 0.1) is 11.3 Å². The first-order valence-electron chi connectivity index (χ1n) is 5.46. The van der Waals surface area contributed by atoms with Crippen LogP contribution in [0.25, 0.3) is 0 Å². The third-order valence-corrected chi connectivity index (χ3v) is 2.45. The zero-order chi connectivity index (χ0) is 13.7. The molecule has 5 heteroatoms. The summed E-state index contributed by atoms with van der Waals surface area (Å²) in [5.74, 6) is -0.747. The molecule has 18 heavy (non-hydrogen) atoms. The standard InChI is InChI=1S/C13H14N2O3/c1-4-18-13(17)11-7-10(8-14)5-6-12(11)15(3)9(2)16/h5-7H,4H2,1-3H3. The van der Waals surface area contributed by atoms with E-state index in [1.165, 1.54) is 17.9 Å². The maximum absolute atomic E-state index is 11.8. The molecule has 1 rings (SSSR count).